The van der Waals surface area contributed by atoms with E-state index < -0.39 is 17.2 Å². The summed E-state index contributed by atoms with van der Waals surface area (Å²) in [6, 6.07) is 24.2. The Morgan fingerprint density at radius 3 is 1.71 bits per heavy atom. The van der Waals surface area contributed by atoms with Crippen LogP contribution in [0.4, 0.5) is 0 Å². The molecule has 0 radical (unpaired) electrons. The summed E-state index contributed by atoms with van der Waals surface area (Å²) in [5, 5.41) is 25.0. The van der Waals surface area contributed by atoms with Crippen molar-refractivity contribution in [2.75, 3.05) is 6.61 Å². The highest BCUT2D eigenvalue weighted by molar-refractivity contribution is 5.92. The average molecular weight is 507 g/mol. The molecule has 4 aromatic carbocycles. The van der Waals surface area contributed by atoms with Gasteiger partial charge in [0.25, 0.3) is 0 Å². The number of aromatic hydroxyl groups is 2. The minimum atomic E-state index is -1.29. The van der Waals surface area contributed by atoms with Crippen molar-refractivity contribution in [2.24, 2.45) is 0 Å². The highest BCUT2D eigenvalue weighted by Gasteiger charge is 2.35. The molecule has 0 aliphatic heterocycles. The Balaban J connectivity index is 1.82. The second kappa shape index (κ2) is 9.12. The van der Waals surface area contributed by atoms with Crippen LogP contribution in [0.5, 0.6) is 17.2 Å². The van der Waals surface area contributed by atoms with E-state index in [1.54, 1.807) is 54.6 Å². The molecule has 0 aliphatic carbocycles. The molecule has 0 amide bonds. The van der Waals surface area contributed by atoms with Gasteiger partial charge in [-0.15, -0.1) is 0 Å². The van der Waals surface area contributed by atoms with Gasteiger partial charge in [0.05, 0.1) is 34.4 Å². The minimum absolute atomic E-state index is 0.190. The van der Waals surface area contributed by atoms with Crippen molar-refractivity contribution < 1.29 is 23.8 Å². The molecule has 0 atom stereocenters. The summed E-state index contributed by atoms with van der Waals surface area (Å²) in [4.78, 5) is 27.1. The molecule has 0 saturated heterocycles. The summed E-state index contributed by atoms with van der Waals surface area (Å²) in [7, 11) is 0. The molecule has 0 aliphatic rings. The highest BCUT2D eigenvalue weighted by atomic mass is 16.5. The largest absolute Gasteiger partial charge is 0.507 e. The van der Waals surface area contributed by atoms with E-state index >= 15 is 0 Å². The Kier molecular flexibility index (Phi) is 5.61. The zero-order valence-electron chi connectivity index (χ0n) is 20.3. The van der Waals surface area contributed by atoms with Gasteiger partial charge in [0.1, 0.15) is 28.4 Å². The van der Waals surface area contributed by atoms with Crippen molar-refractivity contribution in [3.8, 4) is 17.2 Å². The first kappa shape index (κ1) is 23.4. The van der Waals surface area contributed by atoms with Crippen LogP contribution >= 0.6 is 0 Å². The van der Waals surface area contributed by atoms with Gasteiger partial charge in [-0.3, -0.25) is 0 Å². The molecular formula is C31H22O7. The van der Waals surface area contributed by atoms with E-state index in [0.29, 0.717) is 23.3 Å². The fourth-order valence-electron chi connectivity index (χ4n) is 5.09. The molecule has 2 N–H and O–H groups in total. The predicted molar refractivity (Wildman–Crippen MR) is 144 cm³/mol. The topological polar surface area (TPSA) is 110 Å². The van der Waals surface area contributed by atoms with Gasteiger partial charge in [0.2, 0.25) is 0 Å². The van der Waals surface area contributed by atoms with Crippen molar-refractivity contribution >= 4 is 32.7 Å². The summed E-state index contributed by atoms with van der Waals surface area (Å²) in [5.74, 6) is -1.62. The van der Waals surface area contributed by atoms with Crippen LogP contribution in [0.25, 0.3) is 32.7 Å². The van der Waals surface area contributed by atoms with Crippen LogP contribution in [0.1, 0.15) is 29.5 Å². The van der Waals surface area contributed by atoms with E-state index in [1.165, 1.54) is 0 Å². The average Bonchev–Trinajstić information content (AvgIpc) is 2.92. The van der Waals surface area contributed by atoms with E-state index in [1.807, 2.05) is 37.3 Å². The van der Waals surface area contributed by atoms with Gasteiger partial charge in [-0.05, 0) is 48.0 Å². The number of para-hydroxylation sites is 2. The summed E-state index contributed by atoms with van der Waals surface area (Å²) >= 11 is 0. The van der Waals surface area contributed by atoms with Gasteiger partial charge in [-0.1, -0.05) is 54.6 Å². The maximum absolute atomic E-state index is 13.6. The maximum atomic E-state index is 13.6. The lowest BCUT2D eigenvalue weighted by atomic mass is 9.81. The standard InChI is InChI=1S/C31H22O7/c1-2-36-23-16-15-17-9-3-4-10-18(17)24(23)25(26-28(32)19-11-5-7-13-21(19)37-30(26)34)27-29(33)20-12-6-8-14-22(20)38-31(27)35/h3-16,25,32-33H,2H2,1H3. The van der Waals surface area contributed by atoms with Gasteiger partial charge in [-0.2, -0.15) is 0 Å². The first-order chi connectivity index (χ1) is 18.5. The minimum Gasteiger partial charge on any atom is -0.507 e. The molecule has 6 rings (SSSR count). The third-order valence-electron chi connectivity index (χ3n) is 6.74. The Labute approximate surface area is 215 Å². The highest BCUT2D eigenvalue weighted by Crippen LogP contribution is 2.46. The smallest absolute Gasteiger partial charge is 0.344 e. The molecule has 2 aromatic heterocycles. The summed E-state index contributed by atoms with van der Waals surface area (Å²) in [6.07, 6.45) is 0. The zero-order valence-corrected chi connectivity index (χ0v) is 20.3. The molecule has 38 heavy (non-hydrogen) atoms. The van der Waals surface area contributed by atoms with E-state index in [4.69, 9.17) is 13.6 Å². The van der Waals surface area contributed by atoms with Crippen LogP contribution in [-0.2, 0) is 0 Å². The van der Waals surface area contributed by atoms with Gasteiger partial charge in [-0.25, -0.2) is 9.59 Å². The molecule has 0 unspecified atom stereocenters. The van der Waals surface area contributed by atoms with Gasteiger partial charge >= 0.3 is 11.3 Å². The van der Waals surface area contributed by atoms with Gasteiger partial charge in [0.15, 0.2) is 0 Å². The lowest BCUT2D eigenvalue weighted by Crippen LogP contribution is -2.22. The van der Waals surface area contributed by atoms with Crippen LogP contribution in [0.3, 0.4) is 0 Å². The summed E-state index contributed by atoms with van der Waals surface area (Å²) in [5.41, 5.74) is -1.33. The van der Waals surface area contributed by atoms with Gasteiger partial charge in [0, 0.05) is 5.56 Å². The lowest BCUT2D eigenvalue weighted by molar-refractivity contribution is 0.336. The second-order valence-electron chi connectivity index (χ2n) is 8.86. The van der Waals surface area contributed by atoms with E-state index in [-0.39, 0.29) is 44.6 Å². The van der Waals surface area contributed by atoms with Crippen LogP contribution in [-0.4, -0.2) is 16.8 Å². The Hall–Kier alpha value is -5.04. The molecule has 2 heterocycles. The van der Waals surface area contributed by atoms with Crippen LogP contribution in [0.2, 0.25) is 0 Å². The van der Waals surface area contributed by atoms with Crippen LogP contribution < -0.4 is 16.0 Å². The molecule has 188 valence electrons. The van der Waals surface area contributed by atoms with Crippen molar-refractivity contribution in [1.29, 1.82) is 0 Å². The molecule has 7 nitrogen and oxygen atoms in total. The molecule has 0 bridgehead atoms. The van der Waals surface area contributed by atoms with E-state index in [9.17, 15) is 19.8 Å². The number of hydrogen-bond acceptors (Lipinski definition) is 7. The zero-order chi connectivity index (χ0) is 26.4. The number of hydrogen-bond donors (Lipinski definition) is 2. The van der Waals surface area contributed by atoms with Crippen LogP contribution in [0, 0.1) is 0 Å². The van der Waals surface area contributed by atoms with Crippen molar-refractivity contribution in [1.82, 2.24) is 0 Å². The maximum Gasteiger partial charge on any atom is 0.344 e. The van der Waals surface area contributed by atoms with Crippen molar-refractivity contribution in [3.05, 3.63) is 122 Å². The Morgan fingerprint density at radius 2 is 1.16 bits per heavy atom. The van der Waals surface area contributed by atoms with Crippen molar-refractivity contribution in [2.45, 2.75) is 12.8 Å². The summed E-state index contributed by atoms with van der Waals surface area (Å²) in [6.45, 7) is 2.12. The second-order valence-corrected chi connectivity index (χ2v) is 8.86. The van der Waals surface area contributed by atoms with E-state index in [2.05, 4.69) is 0 Å². The SMILES string of the molecule is CCOc1ccc2ccccc2c1C(c1c(O)c2ccccc2oc1=O)c1c(O)c2ccccc2oc1=O. The Morgan fingerprint density at radius 1 is 0.658 bits per heavy atom. The first-order valence-corrected chi connectivity index (χ1v) is 12.1. The fraction of sp³-hybridized carbons (Fsp3) is 0.0968. The lowest BCUT2D eigenvalue weighted by Gasteiger charge is -2.23. The van der Waals surface area contributed by atoms with Gasteiger partial charge < -0.3 is 23.8 Å². The molecule has 7 heteroatoms. The quantitative estimate of drug-likeness (QED) is 0.274. The normalized spacial score (nSPS) is 11.5. The summed E-state index contributed by atoms with van der Waals surface area (Å²) < 4.78 is 17.2. The molecule has 0 spiro atoms. The first-order valence-electron chi connectivity index (χ1n) is 12.1. The van der Waals surface area contributed by atoms with Crippen molar-refractivity contribution in [3.63, 3.8) is 0 Å². The predicted octanol–water partition coefficient (Wildman–Crippen LogP) is 6.04. The van der Waals surface area contributed by atoms with E-state index in [0.717, 1.165) is 5.39 Å². The molecule has 6 aromatic rings. The molecule has 0 saturated carbocycles. The molecule has 0 fully saturated rings. The number of rotatable bonds is 5. The number of ether oxygens (including phenoxy) is 1. The monoisotopic (exact) mass is 506 g/mol. The Bertz CT molecular complexity index is 1870. The fourth-order valence-corrected chi connectivity index (χ4v) is 5.09. The molecular weight excluding hydrogens is 484 g/mol. The number of benzene rings is 4. The number of fused-ring (bicyclic) bond motifs is 3. The van der Waals surface area contributed by atoms with Crippen LogP contribution in [0.15, 0.2) is 103 Å². The third-order valence-corrected chi connectivity index (χ3v) is 6.74. The third kappa shape index (κ3) is 3.59.